The van der Waals surface area contributed by atoms with Crippen LogP contribution in [0, 0.1) is 0 Å². The zero-order chi connectivity index (χ0) is 22.6. The summed E-state index contributed by atoms with van der Waals surface area (Å²) in [6.07, 6.45) is 1.17. The average Bonchev–Trinajstić information content (AvgIpc) is 2.74. The fourth-order valence-electron chi connectivity index (χ4n) is 3.65. The molecule has 0 unspecified atom stereocenters. The lowest BCUT2D eigenvalue weighted by Gasteiger charge is -2.31. The molecule has 1 aliphatic rings. The maximum Gasteiger partial charge on any atom is 0.251 e. The van der Waals surface area contributed by atoms with Crippen LogP contribution in [0.5, 0.6) is 5.75 Å². The second kappa shape index (κ2) is 9.40. The molecule has 31 heavy (non-hydrogen) atoms. The van der Waals surface area contributed by atoms with E-state index >= 15 is 0 Å². The molecule has 0 radical (unpaired) electrons. The molecule has 2 aromatic rings. The summed E-state index contributed by atoms with van der Waals surface area (Å²) in [5.74, 6) is 0.534. The lowest BCUT2D eigenvalue weighted by molar-refractivity contribution is 0.0923. The van der Waals surface area contributed by atoms with Gasteiger partial charge in [-0.25, -0.2) is 8.42 Å². The maximum atomic E-state index is 12.9. The molecule has 7 heteroatoms. The summed E-state index contributed by atoms with van der Waals surface area (Å²) in [6.45, 7) is 9.58. The molecule has 2 aromatic carbocycles. The lowest BCUT2D eigenvalue weighted by atomic mass is 9.86. The number of nitrogens with zero attached hydrogens (tertiary/aromatic N) is 1. The zero-order valence-electron chi connectivity index (χ0n) is 18.7. The van der Waals surface area contributed by atoms with Crippen molar-refractivity contribution in [3.8, 4) is 5.75 Å². The molecule has 1 aliphatic heterocycles. The first-order chi connectivity index (χ1) is 14.6. The van der Waals surface area contributed by atoms with Crippen molar-refractivity contribution < 1.29 is 17.9 Å². The van der Waals surface area contributed by atoms with Gasteiger partial charge in [-0.15, -0.1) is 0 Å². The minimum Gasteiger partial charge on any atom is -0.494 e. The van der Waals surface area contributed by atoms with Gasteiger partial charge in [0.25, 0.3) is 5.91 Å². The summed E-state index contributed by atoms with van der Waals surface area (Å²) in [5, 5.41) is 3.05. The van der Waals surface area contributed by atoms with E-state index in [-0.39, 0.29) is 22.3 Å². The smallest absolute Gasteiger partial charge is 0.251 e. The molecular formula is C24H32N2O4S. The van der Waals surface area contributed by atoms with Gasteiger partial charge in [0.15, 0.2) is 0 Å². The van der Waals surface area contributed by atoms with Gasteiger partial charge in [-0.1, -0.05) is 32.9 Å². The normalized spacial score (nSPS) is 16.1. The van der Waals surface area contributed by atoms with E-state index in [1.54, 1.807) is 24.3 Å². The molecule has 168 valence electrons. The molecule has 1 heterocycles. The summed E-state index contributed by atoms with van der Waals surface area (Å²) >= 11 is 0. The molecule has 3 rings (SSSR count). The molecule has 1 fully saturated rings. The van der Waals surface area contributed by atoms with Crippen LogP contribution in [0.3, 0.4) is 0 Å². The minimum absolute atomic E-state index is 0.0384. The molecule has 0 bridgehead atoms. The first kappa shape index (κ1) is 23.3. The topological polar surface area (TPSA) is 75.7 Å². The number of benzene rings is 2. The third-order valence-corrected chi connectivity index (χ3v) is 7.49. The van der Waals surface area contributed by atoms with E-state index < -0.39 is 10.0 Å². The fraction of sp³-hybridized carbons (Fsp3) is 0.458. The minimum atomic E-state index is -3.55. The highest BCUT2D eigenvalue weighted by atomic mass is 32.2. The molecule has 0 saturated carbocycles. The van der Waals surface area contributed by atoms with Crippen molar-refractivity contribution in [2.45, 2.75) is 56.9 Å². The number of sulfonamides is 1. The Bertz CT molecular complexity index is 985. The Morgan fingerprint density at radius 1 is 1.03 bits per heavy atom. The Kier molecular flexibility index (Phi) is 7.06. The zero-order valence-corrected chi connectivity index (χ0v) is 19.5. The van der Waals surface area contributed by atoms with Crippen LogP contribution in [0.2, 0.25) is 0 Å². The summed E-state index contributed by atoms with van der Waals surface area (Å²) in [5.41, 5.74) is 1.84. The van der Waals surface area contributed by atoms with Gasteiger partial charge in [-0.2, -0.15) is 4.31 Å². The van der Waals surface area contributed by atoms with E-state index in [9.17, 15) is 13.2 Å². The molecule has 0 aliphatic carbocycles. The highest BCUT2D eigenvalue weighted by molar-refractivity contribution is 7.89. The monoisotopic (exact) mass is 444 g/mol. The molecular weight excluding hydrogens is 412 g/mol. The van der Waals surface area contributed by atoms with E-state index in [0.717, 1.165) is 0 Å². The number of carbonyl (C=O) groups excluding carboxylic acids is 1. The largest absolute Gasteiger partial charge is 0.494 e. The second-order valence-electron chi connectivity index (χ2n) is 8.88. The molecule has 1 N–H and O–H groups in total. The molecule has 6 nitrogen and oxygen atoms in total. The Hall–Kier alpha value is -2.38. The van der Waals surface area contributed by atoms with Crippen LogP contribution in [0.1, 0.15) is 56.5 Å². The van der Waals surface area contributed by atoms with E-state index in [1.165, 1.54) is 9.87 Å². The van der Waals surface area contributed by atoms with Gasteiger partial charge < -0.3 is 10.1 Å². The van der Waals surface area contributed by atoms with Gasteiger partial charge in [0.2, 0.25) is 10.0 Å². The highest BCUT2D eigenvalue weighted by Gasteiger charge is 2.30. The molecule has 0 spiro atoms. The van der Waals surface area contributed by atoms with Gasteiger partial charge in [0.05, 0.1) is 11.5 Å². The number of hydrogen-bond donors (Lipinski definition) is 1. The molecule has 1 amide bonds. The van der Waals surface area contributed by atoms with E-state index in [2.05, 4.69) is 26.1 Å². The maximum absolute atomic E-state index is 12.9. The van der Waals surface area contributed by atoms with Crippen LogP contribution < -0.4 is 10.1 Å². The summed E-state index contributed by atoms with van der Waals surface area (Å²) < 4.78 is 32.7. The Morgan fingerprint density at radius 3 is 2.13 bits per heavy atom. The Labute approximate surface area is 185 Å². The number of nitrogens with one attached hydrogen (secondary N) is 1. The lowest BCUT2D eigenvalue weighted by Crippen LogP contribution is -2.46. The van der Waals surface area contributed by atoms with Crippen LogP contribution >= 0.6 is 0 Å². The van der Waals surface area contributed by atoms with Gasteiger partial charge in [0.1, 0.15) is 5.75 Å². The summed E-state index contributed by atoms with van der Waals surface area (Å²) in [4.78, 5) is 12.9. The third kappa shape index (κ3) is 5.66. The van der Waals surface area contributed by atoms with Crippen LogP contribution in [0.4, 0.5) is 0 Å². The van der Waals surface area contributed by atoms with Crippen molar-refractivity contribution in [3.63, 3.8) is 0 Å². The number of amides is 1. The summed E-state index contributed by atoms with van der Waals surface area (Å²) in [7, 11) is -3.55. The second-order valence-corrected chi connectivity index (χ2v) is 10.8. The van der Waals surface area contributed by atoms with Crippen LogP contribution in [-0.4, -0.2) is 44.4 Å². The molecule has 0 atom stereocenters. The predicted molar refractivity (Wildman–Crippen MR) is 122 cm³/mol. The number of rotatable bonds is 6. The highest BCUT2D eigenvalue weighted by Crippen LogP contribution is 2.24. The number of carbonyl (C=O) groups is 1. The Morgan fingerprint density at radius 2 is 1.61 bits per heavy atom. The number of piperidine rings is 1. The number of ether oxygens (including phenoxy) is 1. The van der Waals surface area contributed by atoms with Crippen molar-refractivity contribution >= 4 is 15.9 Å². The standard InChI is InChI=1S/C24H32N2O4S/c1-5-30-21-10-12-22(13-11-21)31(28,29)26-16-14-20(15-17-26)25-23(27)18-6-8-19(9-7-18)24(2,3)4/h6-13,20H,5,14-17H2,1-4H3,(H,25,27). The SMILES string of the molecule is CCOc1ccc(S(=O)(=O)N2CCC(NC(=O)c3ccc(C(C)(C)C)cc3)CC2)cc1. The third-order valence-electron chi connectivity index (χ3n) is 5.57. The fourth-order valence-corrected chi connectivity index (χ4v) is 5.12. The summed E-state index contributed by atoms with van der Waals surface area (Å²) in [6, 6.07) is 14.1. The first-order valence-corrected chi connectivity index (χ1v) is 12.2. The van der Waals surface area contributed by atoms with Crippen molar-refractivity contribution in [2.24, 2.45) is 0 Å². The van der Waals surface area contributed by atoms with Gasteiger partial charge in [-0.3, -0.25) is 4.79 Å². The van der Waals surface area contributed by atoms with Crippen molar-refractivity contribution in [1.29, 1.82) is 0 Å². The Balaban J connectivity index is 1.57. The molecule has 1 saturated heterocycles. The van der Waals surface area contributed by atoms with Crippen molar-refractivity contribution in [3.05, 3.63) is 59.7 Å². The van der Waals surface area contributed by atoms with Crippen molar-refractivity contribution in [1.82, 2.24) is 9.62 Å². The number of hydrogen-bond acceptors (Lipinski definition) is 4. The van der Waals surface area contributed by atoms with Gasteiger partial charge in [-0.05, 0) is 67.1 Å². The van der Waals surface area contributed by atoms with Gasteiger partial charge in [0, 0.05) is 24.7 Å². The van der Waals surface area contributed by atoms with Crippen LogP contribution in [-0.2, 0) is 15.4 Å². The first-order valence-electron chi connectivity index (χ1n) is 10.8. The van der Waals surface area contributed by atoms with Crippen LogP contribution in [0.15, 0.2) is 53.4 Å². The van der Waals surface area contributed by atoms with Crippen molar-refractivity contribution in [2.75, 3.05) is 19.7 Å². The van der Waals surface area contributed by atoms with Crippen LogP contribution in [0.25, 0.3) is 0 Å². The quantitative estimate of drug-likeness (QED) is 0.732. The average molecular weight is 445 g/mol. The van der Waals surface area contributed by atoms with Gasteiger partial charge >= 0.3 is 0 Å². The molecule has 0 aromatic heterocycles. The van der Waals surface area contributed by atoms with E-state index in [0.29, 0.717) is 43.9 Å². The van der Waals surface area contributed by atoms with E-state index in [1.807, 2.05) is 31.2 Å². The predicted octanol–water partition coefficient (Wildman–Crippen LogP) is 3.97. The van der Waals surface area contributed by atoms with E-state index in [4.69, 9.17) is 4.74 Å².